The van der Waals surface area contributed by atoms with Crippen LogP contribution in [0.3, 0.4) is 0 Å². The lowest BCUT2D eigenvalue weighted by Crippen LogP contribution is -2.46. The third kappa shape index (κ3) is 3.84. The highest BCUT2D eigenvalue weighted by atomic mass is 16.4. The molecule has 118 valence electrons. The van der Waals surface area contributed by atoms with Crippen LogP contribution >= 0.6 is 0 Å². The Kier molecular flexibility index (Phi) is 5.14. The van der Waals surface area contributed by atoms with Crippen molar-refractivity contribution in [2.24, 2.45) is 11.8 Å². The fraction of sp³-hybridized carbons (Fsp3) is 0.438. The summed E-state index contributed by atoms with van der Waals surface area (Å²) in [6, 6.07) is 9.56. The van der Waals surface area contributed by atoms with Crippen LogP contribution in [0.25, 0.3) is 0 Å². The summed E-state index contributed by atoms with van der Waals surface area (Å²) in [5.74, 6) is -2.62. The lowest BCUT2D eigenvalue weighted by molar-refractivity contribution is -0.152. The summed E-state index contributed by atoms with van der Waals surface area (Å²) in [4.78, 5) is 36.3. The number of hydrogen-bond donors (Lipinski definition) is 2. The summed E-state index contributed by atoms with van der Waals surface area (Å²) in [5, 5.41) is 11.5. The second-order valence-corrected chi connectivity index (χ2v) is 5.58. The van der Waals surface area contributed by atoms with Crippen LogP contribution in [-0.2, 0) is 20.9 Å². The zero-order valence-electron chi connectivity index (χ0n) is 12.5. The maximum Gasteiger partial charge on any atom is 0.307 e. The number of rotatable bonds is 6. The van der Waals surface area contributed by atoms with Crippen LogP contribution in [0.2, 0.25) is 0 Å². The molecule has 2 atom stereocenters. The van der Waals surface area contributed by atoms with Gasteiger partial charge in [-0.05, 0) is 18.4 Å². The zero-order valence-corrected chi connectivity index (χ0v) is 12.5. The van der Waals surface area contributed by atoms with Gasteiger partial charge in [-0.15, -0.1) is 0 Å². The van der Waals surface area contributed by atoms with Gasteiger partial charge in [0.15, 0.2) is 0 Å². The first-order valence-corrected chi connectivity index (χ1v) is 7.27. The fourth-order valence-electron chi connectivity index (χ4n) is 2.48. The van der Waals surface area contributed by atoms with Gasteiger partial charge >= 0.3 is 5.97 Å². The van der Waals surface area contributed by atoms with E-state index >= 15 is 0 Å². The van der Waals surface area contributed by atoms with E-state index in [0.29, 0.717) is 19.4 Å². The molecule has 0 bridgehead atoms. The van der Waals surface area contributed by atoms with Crippen molar-refractivity contribution in [3.8, 4) is 0 Å². The van der Waals surface area contributed by atoms with Gasteiger partial charge in [-0.3, -0.25) is 14.4 Å². The van der Waals surface area contributed by atoms with Crippen LogP contribution in [0.4, 0.5) is 0 Å². The number of carbonyl (C=O) groups excluding carboxylic acids is 2. The predicted molar refractivity (Wildman–Crippen MR) is 79.8 cm³/mol. The number of carboxylic acid groups (broad SMARTS) is 1. The van der Waals surface area contributed by atoms with Gasteiger partial charge in [0.25, 0.3) is 0 Å². The number of aliphatic carboxylic acids is 1. The Morgan fingerprint density at radius 2 is 1.82 bits per heavy atom. The van der Waals surface area contributed by atoms with Gasteiger partial charge < -0.3 is 15.3 Å². The van der Waals surface area contributed by atoms with Crippen LogP contribution < -0.4 is 5.32 Å². The van der Waals surface area contributed by atoms with E-state index in [0.717, 1.165) is 5.56 Å². The molecule has 0 aliphatic heterocycles. The number of hydrogen-bond acceptors (Lipinski definition) is 3. The van der Waals surface area contributed by atoms with E-state index in [2.05, 4.69) is 5.32 Å². The van der Waals surface area contributed by atoms with Gasteiger partial charge in [-0.1, -0.05) is 30.3 Å². The molecule has 1 aliphatic rings. The summed E-state index contributed by atoms with van der Waals surface area (Å²) in [7, 11) is 1.67. The van der Waals surface area contributed by atoms with Crippen molar-refractivity contribution < 1.29 is 19.5 Å². The number of carbonyl (C=O) groups is 3. The highest BCUT2D eigenvalue weighted by Crippen LogP contribution is 2.34. The molecule has 2 unspecified atom stereocenters. The van der Waals surface area contributed by atoms with Gasteiger partial charge in [0.1, 0.15) is 0 Å². The molecule has 2 amide bonds. The average molecular weight is 304 g/mol. The zero-order chi connectivity index (χ0) is 16.1. The molecular formula is C16H20N2O4. The van der Waals surface area contributed by atoms with E-state index in [-0.39, 0.29) is 18.4 Å². The Morgan fingerprint density at radius 3 is 2.36 bits per heavy atom. The molecule has 2 N–H and O–H groups in total. The van der Waals surface area contributed by atoms with Crippen LogP contribution in [0.1, 0.15) is 18.4 Å². The summed E-state index contributed by atoms with van der Waals surface area (Å²) in [6.45, 7) is 0.363. The molecule has 0 saturated heterocycles. The molecule has 6 heteroatoms. The predicted octanol–water partition coefficient (Wildman–Crippen LogP) is 0.872. The summed E-state index contributed by atoms with van der Waals surface area (Å²) >= 11 is 0. The van der Waals surface area contributed by atoms with Crippen LogP contribution in [-0.4, -0.2) is 41.4 Å². The Bertz CT molecular complexity index is 559. The maximum absolute atomic E-state index is 12.0. The second kappa shape index (κ2) is 7.06. The minimum absolute atomic E-state index is 0.106. The summed E-state index contributed by atoms with van der Waals surface area (Å²) in [5.41, 5.74) is 1.01. The van der Waals surface area contributed by atoms with Crippen LogP contribution in [0, 0.1) is 11.8 Å². The highest BCUT2D eigenvalue weighted by Gasteiger charge is 2.41. The van der Waals surface area contributed by atoms with Crippen molar-refractivity contribution in [2.45, 2.75) is 19.4 Å². The minimum Gasteiger partial charge on any atom is -0.481 e. The van der Waals surface area contributed by atoms with Crippen LogP contribution in [0.15, 0.2) is 30.3 Å². The van der Waals surface area contributed by atoms with Gasteiger partial charge in [0.2, 0.25) is 11.8 Å². The monoisotopic (exact) mass is 304 g/mol. The van der Waals surface area contributed by atoms with Crippen LogP contribution in [0.5, 0.6) is 0 Å². The lowest BCUT2D eigenvalue weighted by Gasteiger charge is -2.32. The molecule has 0 spiro atoms. The molecule has 1 fully saturated rings. The molecule has 6 nitrogen and oxygen atoms in total. The summed E-state index contributed by atoms with van der Waals surface area (Å²) in [6.07, 6.45) is 1.09. The van der Waals surface area contributed by atoms with E-state index in [9.17, 15) is 14.4 Å². The maximum atomic E-state index is 12.0. The van der Waals surface area contributed by atoms with Gasteiger partial charge in [0, 0.05) is 13.6 Å². The van der Waals surface area contributed by atoms with E-state index < -0.39 is 17.8 Å². The molecule has 0 heterocycles. The van der Waals surface area contributed by atoms with Crippen molar-refractivity contribution in [1.82, 2.24) is 10.2 Å². The first-order chi connectivity index (χ1) is 10.5. The fourth-order valence-corrected chi connectivity index (χ4v) is 2.48. The van der Waals surface area contributed by atoms with Gasteiger partial charge in [-0.2, -0.15) is 0 Å². The lowest BCUT2D eigenvalue weighted by atomic mass is 9.73. The van der Waals surface area contributed by atoms with Gasteiger partial charge in [-0.25, -0.2) is 0 Å². The Balaban J connectivity index is 1.77. The van der Waals surface area contributed by atoms with E-state index in [1.807, 2.05) is 30.3 Å². The SMILES string of the molecule is CN(Cc1ccccc1)C(=O)CNC(=O)C1CCC1C(=O)O. The number of likely N-dealkylation sites (N-methyl/N-ethyl adjacent to an activating group) is 1. The van der Waals surface area contributed by atoms with Crippen molar-refractivity contribution >= 4 is 17.8 Å². The third-order valence-electron chi connectivity index (χ3n) is 4.03. The first-order valence-electron chi connectivity index (χ1n) is 7.27. The quantitative estimate of drug-likeness (QED) is 0.816. The number of nitrogens with zero attached hydrogens (tertiary/aromatic N) is 1. The standard InChI is InChI=1S/C16H20N2O4/c1-18(10-11-5-3-2-4-6-11)14(19)9-17-15(20)12-7-8-13(12)16(21)22/h2-6,12-13H,7-10H2,1H3,(H,17,20)(H,21,22). The topological polar surface area (TPSA) is 86.7 Å². The Hall–Kier alpha value is -2.37. The van der Waals surface area contributed by atoms with Crippen molar-refractivity contribution in [1.29, 1.82) is 0 Å². The number of amides is 2. The number of carboxylic acids is 1. The Labute approximate surface area is 129 Å². The third-order valence-corrected chi connectivity index (χ3v) is 4.03. The molecule has 1 aromatic carbocycles. The first kappa shape index (κ1) is 16.0. The molecule has 1 aromatic rings. The summed E-state index contributed by atoms with van der Waals surface area (Å²) < 4.78 is 0. The molecular weight excluding hydrogens is 284 g/mol. The minimum atomic E-state index is -0.945. The average Bonchev–Trinajstić information content (AvgIpc) is 2.44. The largest absolute Gasteiger partial charge is 0.481 e. The normalized spacial score (nSPS) is 19.9. The molecule has 22 heavy (non-hydrogen) atoms. The molecule has 2 rings (SSSR count). The molecule has 0 radical (unpaired) electrons. The van der Waals surface area contributed by atoms with Gasteiger partial charge in [0.05, 0.1) is 18.4 Å². The van der Waals surface area contributed by atoms with E-state index in [4.69, 9.17) is 5.11 Å². The highest BCUT2D eigenvalue weighted by molar-refractivity contribution is 5.89. The van der Waals surface area contributed by atoms with Crippen molar-refractivity contribution in [3.05, 3.63) is 35.9 Å². The molecule has 1 aliphatic carbocycles. The van der Waals surface area contributed by atoms with E-state index in [1.54, 1.807) is 7.05 Å². The molecule has 1 saturated carbocycles. The second-order valence-electron chi connectivity index (χ2n) is 5.58. The van der Waals surface area contributed by atoms with Crippen molar-refractivity contribution in [2.75, 3.05) is 13.6 Å². The number of nitrogens with one attached hydrogen (secondary N) is 1. The smallest absolute Gasteiger partial charge is 0.307 e. The Morgan fingerprint density at radius 1 is 1.18 bits per heavy atom. The number of benzene rings is 1. The van der Waals surface area contributed by atoms with Crippen molar-refractivity contribution in [3.63, 3.8) is 0 Å². The molecule has 0 aromatic heterocycles. The van der Waals surface area contributed by atoms with E-state index in [1.165, 1.54) is 4.90 Å².